The molecule has 1 fully saturated rings. The van der Waals surface area contributed by atoms with Crippen molar-refractivity contribution in [1.82, 2.24) is 0 Å². The van der Waals surface area contributed by atoms with Gasteiger partial charge in [-0.15, -0.1) is 11.3 Å². The van der Waals surface area contributed by atoms with E-state index in [2.05, 4.69) is 5.32 Å². The van der Waals surface area contributed by atoms with Crippen LogP contribution in [0.2, 0.25) is 0 Å². The zero-order chi connectivity index (χ0) is 17.3. The Morgan fingerprint density at radius 3 is 2.71 bits per heavy atom. The quantitative estimate of drug-likeness (QED) is 0.893. The lowest BCUT2D eigenvalue weighted by atomic mass is 9.99. The van der Waals surface area contributed by atoms with Crippen molar-refractivity contribution in [3.63, 3.8) is 0 Å². The summed E-state index contributed by atoms with van der Waals surface area (Å²) >= 11 is 1.31. The maximum Gasteiger partial charge on any atom is 0.254 e. The van der Waals surface area contributed by atoms with Gasteiger partial charge in [0.05, 0.1) is 5.56 Å². The van der Waals surface area contributed by atoms with Gasteiger partial charge in [-0.05, 0) is 43.4 Å². The number of amides is 2. The number of hydrogen-bond donors (Lipinski definition) is 2. The van der Waals surface area contributed by atoms with Crippen LogP contribution in [0.15, 0.2) is 23.6 Å². The normalized spacial score (nSPS) is 17.0. The zero-order valence-corrected chi connectivity index (χ0v) is 14.5. The number of thiophene rings is 1. The molecule has 0 radical (unpaired) electrons. The van der Waals surface area contributed by atoms with Gasteiger partial charge in [-0.1, -0.05) is 18.2 Å². The Morgan fingerprint density at radius 1 is 1.29 bits per heavy atom. The first-order valence-electron chi connectivity index (χ1n) is 7.88. The minimum absolute atomic E-state index is 0.219. The second kappa shape index (κ2) is 6.75. The highest BCUT2D eigenvalue weighted by Crippen LogP contribution is 2.36. The van der Waals surface area contributed by atoms with E-state index in [1.54, 1.807) is 0 Å². The predicted octanol–water partition coefficient (Wildman–Crippen LogP) is 3.25. The fraction of sp³-hybridized carbons (Fsp3) is 0.333. The molecule has 0 bridgehead atoms. The standard InChI is InChI=1S/C18H20N2O3S/c1-10-5-6-12(8-11(10)2)13-9-24-18(15(13)16(19)21)20-17(22)14-4-3-7-23-14/h5-6,8-9,14H,3-4,7H2,1-2H3,(H2,19,21)(H,20,22)/t14-/m1/s1. The Bertz CT molecular complexity index is 792. The van der Waals surface area contributed by atoms with Gasteiger partial charge in [-0.25, -0.2) is 0 Å². The first kappa shape index (κ1) is 16.7. The van der Waals surface area contributed by atoms with Crippen molar-refractivity contribution in [3.05, 3.63) is 40.3 Å². The highest BCUT2D eigenvalue weighted by atomic mass is 32.1. The van der Waals surface area contributed by atoms with E-state index in [1.807, 2.05) is 37.4 Å². The molecule has 3 rings (SSSR count). The number of primary amides is 1. The monoisotopic (exact) mass is 344 g/mol. The van der Waals surface area contributed by atoms with Crippen LogP contribution in [0.3, 0.4) is 0 Å². The molecule has 1 aromatic heterocycles. The maximum absolute atomic E-state index is 12.3. The molecule has 6 heteroatoms. The van der Waals surface area contributed by atoms with E-state index >= 15 is 0 Å². The predicted molar refractivity (Wildman–Crippen MR) is 95.4 cm³/mol. The van der Waals surface area contributed by atoms with Crippen molar-refractivity contribution < 1.29 is 14.3 Å². The Morgan fingerprint density at radius 2 is 2.08 bits per heavy atom. The van der Waals surface area contributed by atoms with Gasteiger partial charge in [0.15, 0.2) is 0 Å². The number of benzene rings is 1. The summed E-state index contributed by atoms with van der Waals surface area (Å²) in [6.07, 6.45) is 1.13. The summed E-state index contributed by atoms with van der Waals surface area (Å²) in [5.74, 6) is -0.768. The first-order chi connectivity index (χ1) is 11.5. The van der Waals surface area contributed by atoms with E-state index < -0.39 is 12.0 Å². The number of carbonyl (C=O) groups excluding carboxylic acids is 2. The lowest BCUT2D eigenvalue weighted by Crippen LogP contribution is -2.27. The Labute approximate surface area is 144 Å². The molecule has 1 aromatic carbocycles. The number of rotatable bonds is 4. The van der Waals surface area contributed by atoms with Gasteiger partial charge in [0.25, 0.3) is 11.8 Å². The van der Waals surface area contributed by atoms with Crippen molar-refractivity contribution in [1.29, 1.82) is 0 Å². The zero-order valence-electron chi connectivity index (χ0n) is 13.7. The number of aryl methyl sites for hydroxylation is 2. The molecule has 5 nitrogen and oxygen atoms in total. The minimum atomic E-state index is -0.549. The van der Waals surface area contributed by atoms with Gasteiger partial charge in [0, 0.05) is 17.6 Å². The summed E-state index contributed by atoms with van der Waals surface area (Å²) in [5.41, 5.74) is 9.92. The topological polar surface area (TPSA) is 81.4 Å². The van der Waals surface area contributed by atoms with Gasteiger partial charge in [-0.2, -0.15) is 0 Å². The Kier molecular flexibility index (Phi) is 4.69. The molecule has 24 heavy (non-hydrogen) atoms. The molecule has 0 unspecified atom stereocenters. The van der Waals surface area contributed by atoms with Crippen LogP contribution in [-0.2, 0) is 9.53 Å². The molecule has 0 spiro atoms. The largest absolute Gasteiger partial charge is 0.368 e. The molecule has 0 saturated carbocycles. The van der Waals surface area contributed by atoms with Crippen molar-refractivity contribution in [2.24, 2.45) is 5.73 Å². The number of nitrogens with two attached hydrogens (primary N) is 1. The van der Waals surface area contributed by atoms with Crippen LogP contribution in [0.1, 0.15) is 34.3 Å². The van der Waals surface area contributed by atoms with E-state index in [0.717, 1.165) is 23.1 Å². The van der Waals surface area contributed by atoms with Crippen molar-refractivity contribution in [2.75, 3.05) is 11.9 Å². The van der Waals surface area contributed by atoms with Gasteiger partial charge in [0.2, 0.25) is 0 Å². The second-order valence-corrected chi connectivity index (χ2v) is 6.89. The molecule has 2 aromatic rings. The van der Waals surface area contributed by atoms with E-state index in [-0.39, 0.29) is 5.91 Å². The molecule has 3 N–H and O–H groups in total. The van der Waals surface area contributed by atoms with Crippen LogP contribution in [0.4, 0.5) is 5.00 Å². The Balaban J connectivity index is 1.94. The van der Waals surface area contributed by atoms with Crippen LogP contribution < -0.4 is 11.1 Å². The molecule has 1 aliphatic rings. The Hall–Kier alpha value is -2.18. The summed E-state index contributed by atoms with van der Waals surface area (Å²) in [6.45, 7) is 4.66. The number of nitrogens with one attached hydrogen (secondary N) is 1. The number of anilines is 1. The van der Waals surface area contributed by atoms with Crippen molar-refractivity contribution in [3.8, 4) is 11.1 Å². The molecule has 2 amide bonds. The summed E-state index contributed by atoms with van der Waals surface area (Å²) in [6, 6.07) is 6.00. The summed E-state index contributed by atoms with van der Waals surface area (Å²) in [7, 11) is 0. The molecule has 1 atom stereocenters. The molecule has 2 heterocycles. The van der Waals surface area contributed by atoms with Crippen LogP contribution in [0.25, 0.3) is 11.1 Å². The van der Waals surface area contributed by atoms with E-state index in [0.29, 0.717) is 23.6 Å². The van der Waals surface area contributed by atoms with Crippen LogP contribution in [0.5, 0.6) is 0 Å². The van der Waals surface area contributed by atoms with Crippen LogP contribution in [-0.4, -0.2) is 24.5 Å². The molecular formula is C18H20N2O3S. The van der Waals surface area contributed by atoms with Crippen LogP contribution >= 0.6 is 11.3 Å². The van der Waals surface area contributed by atoms with E-state index in [4.69, 9.17) is 10.5 Å². The summed E-state index contributed by atoms with van der Waals surface area (Å²) in [5, 5.41) is 5.14. The van der Waals surface area contributed by atoms with Gasteiger partial charge in [0.1, 0.15) is 11.1 Å². The molecule has 126 valence electrons. The average molecular weight is 344 g/mol. The van der Waals surface area contributed by atoms with Gasteiger partial charge < -0.3 is 15.8 Å². The third kappa shape index (κ3) is 3.20. The number of carbonyl (C=O) groups is 2. The van der Waals surface area contributed by atoms with Gasteiger partial charge in [-0.3, -0.25) is 9.59 Å². The lowest BCUT2D eigenvalue weighted by Gasteiger charge is -2.11. The summed E-state index contributed by atoms with van der Waals surface area (Å²) < 4.78 is 5.38. The molecule has 1 saturated heterocycles. The molecule has 0 aliphatic carbocycles. The van der Waals surface area contributed by atoms with Gasteiger partial charge >= 0.3 is 0 Å². The minimum Gasteiger partial charge on any atom is -0.368 e. The lowest BCUT2D eigenvalue weighted by molar-refractivity contribution is -0.124. The molecule has 1 aliphatic heterocycles. The summed E-state index contributed by atoms with van der Waals surface area (Å²) in [4.78, 5) is 24.2. The van der Waals surface area contributed by atoms with E-state index in [9.17, 15) is 9.59 Å². The highest BCUT2D eigenvalue weighted by Gasteiger charge is 2.26. The van der Waals surface area contributed by atoms with Crippen molar-refractivity contribution >= 4 is 28.2 Å². The average Bonchev–Trinajstić information content (AvgIpc) is 3.19. The van der Waals surface area contributed by atoms with Crippen LogP contribution in [0, 0.1) is 13.8 Å². The maximum atomic E-state index is 12.3. The third-order valence-electron chi connectivity index (χ3n) is 4.31. The van der Waals surface area contributed by atoms with Crippen molar-refractivity contribution in [2.45, 2.75) is 32.8 Å². The highest BCUT2D eigenvalue weighted by molar-refractivity contribution is 7.15. The third-order valence-corrected chi connectivity index (χ3v) is 5.21. The number of hydrogen-bond acceptors (Lipinski definition) is 4. The SMILES string of the molecule is Cc1ccc(-c2csc(NC(=O)[C@H]3CCCO3)c2C(N)=O)cc1C. The van der Waals surface area contributed by atoms with E-state index in [1.165, 1.54) is 16.9 Å². The number of ether oxygens (including phenoxy) is 1. The first-order valence-corrected chi connectivity index (χ1v) is 8.76. The second-order valence-electron chi connectivity index (χ2n) is 6.01. The fourth-order valence-corrected chi connectivity index (χ4v) is 3.77. The molecular weight excluding hydrogens is 324 g/mol. The fourth-order valence-electron chi connectivity index (χ4n) is 2.79. The smallest absolute Gasteiger partial charge is 0.254 e.